The first-order valence-electron chi connectivity index (χ1n) is 6.56. The van der Waals surface area contributed by atoms with E-state index in [-0.39, 0.29) is 0 Å². The summed E-state index contributed by atoms with van der Waals surface area (Å²) in [5, 5.41) is 3.24. The lowest BCUT2D eigenvalue weighted by Gasteiger charge is -2.18. The highest BCUT2D eigenvalue weighted by molar-refractivity contribution is 5.36. The van der Waals surface area contributed by atoms with Crippen molar-refractivity contribution in [3.63, 3.8) is 0 Å². The second kappa shape index (κ2) is 6.85. The molecule has 0 aliphatic heterocycles. The fourth-order valence-electron chi connectivity index (χ4n) is 1.83. The zero-order valence-electron chi connectivity index (χ0n) is 11.5. The number of rotatable bonds is 6. The first-order chi connectivity index (χ1) is 9.29. The van der Waals surface area contributed by atoms with E-state index in [0.29, 0.717) is 0 Å². The summed E-state index contributed by atoms with van der Waals surface area (Å²) in [5.74, 6) is 0.893. The Morgan fingerprint density at radius 1 is 1.11 bits per heavy atom. The van der Waals surface area contributed by atoms with Crippen LogP contribution in [0.1, 0.15) is 18.2 Å². The van der Waals surface area contributed by atoms with Gasteiger partial charge >= 0.3 is 0 Å². The third-order valence-electron chi connectivity index (χ3n) is 2.90. The average molecular weight is 256 g/mol. The van der Waals surface area contributed by atoms with Crippen LogP contribution in [0.5, 0.6) is 0 Å². The summed E-state index contributed by atoms with van der Waals surface area (Å²) in [4.78, 5) is 11.0. The number of nitrogens with one attached hydrogen (secondary N) is 1. The van der Waals surface area contributed by atoms with Gasteiger partial charge in [-0.15, -0.1) is 0 Å². The van der Waals surface area contributed by atoms with Crippen molar-refractivity contribution >= 4 is 5.82 Å². The van der Waals surface area contributed by atoms with Crippen LogP contribution >= 0.6 is 0 Å². The van der Waals surface area contributed by atoms with Gasteiger partial charge in [0.25, 0.3) is 0 Å². The zero-order valence-corrected chi connectivity index (χ0v) is 11.5. The van der Waals surface area contributed by atoms with Crippen LogP contribution in [0.25, 0.3) is 0 Å². The zero-order chi connectivity index (χ0) is 13.5. The molecule has 0 saturated heterocycles. The predicted molar refractivity (Wildman–Crippen MR) is 78.0 cm³/mol. The molecule has 19 heavy (non-hydrogen) atoms. The number of aromatic nitrogens is 2. The first kappa shape index (κ1) is 13.5. The number of hydrogen-bond acceptors (Lipinski definition) is 4. The Bertz CT molecular complexity index is 481. The lowest BCUT2D eigenvalue weighted by Crippen LogP contribution is -2.19. The van der Waals surface area contributed by atoms with Crippen molar-refractivity contribution in [2.24, 2.45) is 0 Å². The normalized spacial score (nSPS) is 10.4. The van der Waals surface area contributed by atoms with Crippen molar-refractivity contribution in [1.29, 1.82) is 0 Å². The molecule has 0 unspecified atom stereocenters. The molecule has 4 nitrogen and oxygen atoms in total. The summed E-state index contributed by atoms with van der Waals surface area (Å²) >= 11 is 0. The Labute approximate surface area is 114 Å². The van der Waals surface area contributed by atoms with Crippen LogP contribution in [-0.4, -0.2) is 23.6 Å². The third-order valence-corrected chi connectivity index (χ3v) is 2.90. The summed E-state index contributed by atoms with van der Waals surface area (Å²) < 4.78 is 0. The number of benzene rings is 1. The van der Waals surface area contributed by atoms with Crippen LogP contribution in [0.2, 0.25) is 0 Å². The quantitative estimate of drug-likeness (QED) is 0.860. The van der Waals surface area contributed by atoms with Crippen LogP contribution in [-0.2, 0) is 13.1 Å². The molecule has 1 heterocycles. The van der Waals surface area contributed by atoms with E-state index >= 15 is 0 Å². The topological polar surface area (TPSA) is 41.1 Å². The molecule has 0 saturated carbocycles. The Morgan fingerprint density at radius 3 is 2.53 bits per heavy atom. The minimum absolute atomic E-state index is 0.770. The van der Waals surface area contributed by atoms with Gasteiger partial charge in [-0.3, -0.25) is 4.98 Å². The Hall–Kier alpha value is -1.94. The fourth-order valence-corrected chi connectivity index (χ4v) is 1.83. The standard InChI is InChI=1S/C15H20N4/c1-3-16-9-14-10-18-15(11-17-14)19(2)12-13-7-5-4-6-8-13/h4-8,10-11,16H,3,9,12H2,1-2H3. The molecule has 1 aromatic heterocycles. The molecule has 2 rings (SSSR count). The van der Waals surface area contributed by atoms with Crippen LogP contribution < -0.4 is 10.2 Å². The maximum atomic E-state index is 4.45. The van der Waals surface area contributed by atoms with Crippen molar-refractivity contribution in [1.82, 2.24) is 15.3 Å². The Morgan fingerprint density at radius 2 is 1.89 bits per heavy atom. The first-order valence-corrected chi connectivity index (χ1v) is 6.56. The summed E-state index contributed by atoms with van der Waals surface area (Å²) in [6.45, 7) is 4.63. The molecular weight excluding hydrogens is 236 g/mol. The second-order valence-electron chi connectivity index (χ2n) is 4.49. The number of nitrogens with zero attached hydrogens (tertiary/aromatic N) is 3. The van der Waals surface area contributed by atoms with Gasteiger partial charge in [-0.2, -0.15) is 0 Å². The van der Waals surface area contributed by atoms with Crippen LogP contribution in [0.4, 0.5) is 5.82 Å². The van der Waals surface area contributed by atoms with E-state index in [1.807, 2.05) is 37.6 Å². The van der Waals surface area contributed by atoms with Crippen molar-refractivity contribution in [2.75, 3.05) is 18.5 Å². The summed E-state index contributed by atoms with van der Waals surface area (Å²) in [6, 6.07) is 10.4. The lowest BCUT2D eigenvalue weighted by molar-refractivity contribution is 0.706. The van der Waals surface area contributed by atoms with E-state index in [0.717, 1.165) is 31.1 Å². The predicted octanol–water partition coefficient (Wildman–Crippen LogP) is 2.22. The largest absolute Gasteiger partial charge is 0.354 e. The summed E-state index contributed by atoms with van der Waals surface area (Å²) in [7, 11) is 2.03. The van der Waals surface area contributed by atoms with Gasteiger partial charge in [0, 0.05) is 20.1 Å². The maximum absolute atomic E-state index is 4.45. The van der Waals surface area contributed by atoms with E-state index in [9.17, 15) is 0 Å². The molecule has 2 aromatic rings. The van der Waals surface area contributed by atoms with Crippen LogP contribution in [0, 0.1) is 0 Å². The SMILES string of the molecule is CCNCc1cnc(N(C)Cc2ccccc2)cn1. The molecule has 0 aliphatic carbocycles. The molecule has 0 bridgehead atoms. The molecule has 0 aliphatic rings. The molecule has 100 valence electrons. The van der Waals surface area contributed by atoms with E-state index in [4.69, 9.17) is 0 Å². The number of anilines is 1. The van der Waals surface area contributed by atoms with Crippen molar-refractivity contribution in [3.05, 3.63) is 54.0 Å². The Balaban J connectivity index is 1.97. The van der Waals surface area contributed by atoms with E-state index < -0.39 is 0 Å². The van der Waals surface area contributed by atoms with E-state index in [2.05, 4.69) is 39.2 Å². The van der Waals surface area contributed by atoms with Crippen LogP contribution in [0.15, 0.2) is 42.7 Å². The van der Waals surface area contributed by atoms with Gasteiger partial charge in [-0.25, -0.2) is 4.98 Å². The average Bonchev–Trinajstić information content (AvgIpc) is 2.46. The highest BCUT2D eigenvalue weighted by Crippen LogP contribution is 2.11. The summed E-state index contributed by atoms with van der Waals surface area (Å²) in [5.41, 5.74) is 2.24. The van der Waals surface area contributed by atoms with Gasteiger partial charge in [0.15, 0.2) is 0 Å². The van der Waals surface area contributed by atoms with Gasteiger partial charge in [0.2, 0.25) is 0 Å². The molecule has 1 aromatic carbocycles. The number of hydrogen-bond donors (Lipinski definition) is 1. The molecule has 4 heteroatoms. The molecule has 0 atom stereocenters. The lowest BCUT2D eigenvalue weighted by atomic mass is 10.2. The molecule has 0 amide bonds. The van der Waals surface area contributed by atoms with E-state index in [1.54, 1.807) is 0 Å². The van der Waals surface area contributed by atoms with Gasteiger partial charge in [-0.1, -0.05) is 37.3 Å². The van der Waals surface area contributed by atoms with E-state index in [1.165, 1.54) is 5.56 Å². The highest BCUT2D eigenvalue weighted by atomic mass is 15.2. The van der Waals surface area contributed by atoms with Gasteiger partial charge < -0.3 is 10.2 Å². The third kappa shape index (κ3) is 4.03. The van der Waals surface area contributed by atoms with Crippen molar-refractivity contribution in [2.45, 2.75) is 20.0 Å². The van der Waals surface area contributed by atoms with Crippen molar-refractivity contribution in [3.8, 4) is 0 Å². The smallest absolute Gasteiger partial charge is 0.147 e. The minimum Gasteiger partial charge on any atom is -0.354 e. The Kier molecular flexibility index (Phi) is 4.86. The highest BCUT2D eigenvalue weighted by Gasteiger charge is 2.04. The van der Waals surface area contributed by atoms with Gasteiger partial charge in [0.1, 0.15) is 5.82 Å². The molecule has 0 spiro atoms. The van der Waals surface area contributed by atoms with Crippen molar-refractivity contribution < 1.29 is 0 Å². The molecule has 0 radical (unpaired) electrons. The minimum atomic E-state index is 0.770. The molecular formula is C15H20N4. The second-order valence-corrected chi connectivity index (χ2v) is 4.49. The summed E-state index contributed by atoms with van der Waals surface area (Å²) in [6.07, 6.45) is 3.66. The monoisotopic (exact) mass is 256 g/mol. The fraction of sp³-hybridized carbons (Fsp3) is 0.333. The molecule has 1 N–H and O–H groups in total. The maximum Gasteiger partial charge on any atom is 0.147 e. The molecule has 0 fully saturated rings. The van der Waals surface area contributed by atoms with Gasteiger partial charge in [0.05, 0.1) is 18.1 Å². The van der Waals surface area contributed by atoms with Gasteiger partial charge in [-0.05, 0) is 12.1 Å². The van der Waals surface area contributed by atoms with Crippen LogP contribution in [0.3, 0.4) is 0 Å².